The summed E-state index contributed by atoms with van der Waals surface area (Å²) in [6.07, 6.45) is 0. The van der Waals surface area contributed by atoms with Crippen LogP contribution in [0.1, 0.15) is 0 Å². The number of halogens is 1. The van der Waals surface area contributed by atoms with Crippen LogP contribution in [0.5, 0.6) is 5.75 Å². The highest BCUT2D eigenvalue weighted by Crippen LogP contribution is 2.24. The first-order valence-electron chi connectivity index (χ1n) is 4.01. The third-order valence-corrected chi connectivity index (χ3v) is 1.62. The Bertz CT molecular complexity index is 342. The number of benzene rings is 1. The van der Waals surface area contributed by atoms with Gasteiger partial charge in [0.1, 0.15) is 11.6 Å². The summed E-state index contributed by atoms with van der Waals surface area (Å²) in [7, 11) is 1.44. The minimum absolute atomic E-state index is 0.153. The normalized spacial score (nSPS) is 9.64. The highest BCUT2D eigenvalue weighted by Gasteiger charge is 2.06. The van der Waals surface area contributed by atoms with Gasteiger partial charge in [0.15, 0.2) is 0 Å². The van der Waals surface area contributed by atoms with Crippen molar-refractivity contribution in [2.75, 3.05) is 19.0 Å². The fourth-order valence-electron chi connectivity index (χ4n) is 0.979. The topological polar surface area (TPSA) is 64.3 Å². The van der Waals surface area contributed by atoms with Crippen LogP contribution in [0.25, 0.3) is 0 Å². The van der Waals surface area contributed by atoms with Crippen molar-refractivity contribution >= 4 is 11.6 Å². The molecule has 0 saturated heterocycles. The van der Waals surface area contributed by atoms with Gasteiger partial charge in [-0.15, -0.1) is 0 Å². The highest BCUT2D eigenvalue weighted by atomic mass is 19.1. The maximum atomic E-state index is 12.8. The predicted octanol–water partition coefficient (Wildman–Crippen LogP) is 0.732. The standard InChI is InChI=1S/C9H11FN2O2/c1-14-8-3-2-6(10)4-7(8)12-9(13)5-11/h2-4H,5,11H2,1H3,(H,12,13). The Labute approximate surface area is 80.9 Å². The third-order valence-electron chi connectivity index (χ3n) is 1.62. The Balaban J connectivity index is 2.93. The first kappa shape index (κ1) is 10.5. The molecule has 0 bridgehead atoms. The second-order valence-corrected chi connectivity index (χ2v) is 2.60. The molecule has 76 valence electrons. The molecule has 0 unspecified atom stereocenters. The Morgan fingerprint density at radius 1 is 1.64 bits per heavy atom. The number of nitrogens with two attached hydrogens (primary N) is 1. The van der Waals surface area contributed by atoms with Crippen molar-refractivity contribution in [1.29, 1.82) is 0 Å². The molecule has 4 nitrogen and oxygen atoms in total. The summed E-state index contributed by atoms with van der Waals surface area (Å²) in [6.45, 7) is -0.153. The van der Waals surface area contributed by atoms with Crippen LogP contribution in [-0.4, -0.2) is 19.6 Å². The molecule has 0 aromatic heterocycles. The number of methoxy groups -OCH3 is 1. The molecule has 1 rings (SSSR count). The number of hydrogen-bond acceptors (Lipinski definition) is 3. The summed E-state index contributed by atoms with van der Waals surface area (Å²) in [5.41, 5.74) is 5.38. The molecule has 0 fully saturated rings. The lowest BCUT2D eigenvalue weighted by atomic mass is 10.3. The van der Waals surface area contributed by atoms with Crippen LogP contribution in [0.15, 0.2) is 18.2 Å². The van der Waals surface area contributed by atoms with Crippen molar-refractivity contribution < 1.29 is 13.9 Å². The van der Waals surface area contributed by atoms with Crippen LogP contribution in [0.2, 0.25) is 0 Å². The lowest BCUT2D eigenvalue weighted by Crippen LogP contribution is -2.22. The van der Waals surface area contributed by atoms with E-state index in [0.29, 0.717) is 5.75 Å². The summed E-state index contributed by atoms with van der Waals surface area (Å²) in [5.74, 6) is -0.444. The first-order chi connectivity index (χ1) is 6.67. The summed E-state index contributed by atoms with van der Waals surface area (Å²) in [4.78, 5) is 10.9. The van der Waals surface area contributed by atoms with Gasteiger partial charge >= 0.3 is 0 Å². The molecular weight excluding hydrogens is 187 g/mol. The SMILES string of the molecule is COc1ccc(F)cc1NC(=O)CN. The van der Waals surface area contributed by atoms with Gasteiger partial charge in [-0.2, -0.15) is 0 Å². The number of nitrogens with one attached hydrogen (secondary N) is 1. The van der Waals surface area contributed by atoms with Gasteiger partial charge in [-0.05, 0) is 12.1 Å². The third kappa shape index (κ3) is 2.43. The molecule has 0 aliphatic rings. The zero-order valence-electron chi connectivity index (χ0n) is 7.71. The second-order valence-electron chi connectivity index (χ2n) is 2.60. The van der Waals surface area contributed by atoms with Crippen molar-refractivity contribution in [3.05, 3.63) is 24.0 Å². The zero-order valence-corrected chi connectivity index (χ0v) is 7.71. The Kier molecular flexibility index (Phi) is 3.41. The number of ether oxygens (including phenoxy) is 1. The van der Waals surface area contributed by atoms with E-state index in [0.717, 1.165) is 0 Å². The molecule has 1 amide bonds. The smallest absolute Gasteiger partial charge is 0.238 e. The number of anilines is 1. The van der Waals surface area contributed by atoms with E-state index in [9.17, 15) is 9.18 Å². The number of amides is 1. The van der Waals surface area contributed by atoms with Crippen LogP contribution in [-0.2, 0) is 4.79 Å². The summed E-state index contributed by atoms with van der Waals surface area (Å²) < 4.78 is 17.7. The summed E-state index contributed by atoms with van der Waals surface area (Å²) in [6, 6.07) is 3.85. The molecule has 3 N–H and O–H groups in total. The van der Waals surface area contributed by atoms with Crippen LogP contribution in [0, 0.1) is 5.82 Å². The average molecular weight is 198 g/mol. The van der Waals surface area contributed by atoms with Gasteiger partial charge < -0.3 is 15.8 Å². The van der Waals surface area contributed by atoms with Crippen LogP contribution >= 0.6 is 0 Å². The highest BCUT2D eigenvalue weighted by molar-refractivity contribution is 5.93. The monoisotopic (exact) mass is 198 g/mol. The van der Waals surface area contributed by atoms with Crippen molar-refractivity contribution in [2.24, 2.45) is 5.73 Å². The van der Waals surface area contributed by atoms with Gasteiger partial charge in [0.25, 0.3) is 0 Å². The maximum Gasteiger partial charge on any atom is 0.238 e. The van der Waals surface area contributed by atoms with Gasteiger partial charge in [0.05, 0.1) is 19.3 Å². The molecule has 0 spiro atoms. The molecule has 1 aromatic rings. The number of rotatable bonds is 3. The lowest BCUT2D eigenvalue weighted by molar-refractivity contribution is -0.114. The summed E-state index contributed by atoms with van der Waals surface area (Å²) in [5, 5.41) is 2.42. The first-order valence-corrected chi connectivity index (χ1v) is 4.01. The molecule has 0 heterocycles. The summed E-state index contributed by atoms with van der Waals surface area (Å²) >= 11 is 0. The molecule has 0 aliphatic carbocycles. The number of carbonyl (C=O) groups is 1. The minimum atomic E-state index is -0.446. The van der Waals surface area contributed by atoms with E-state index in [2.05, 4.69) is 5.32 Å². The van der Waals surface area contributed by atoms with Crippen LogP contribution in [0.3, 0.4) is 0 Å². The Morgan fingerprint density at radius 2 is 2.36 bits per heavy atom. The largest absolute Gasteiger partial charge is 0.495 e. The molecule has 5 heteroatoms. The zero-order chi connectivity index (χ0) is 10.6. The van der Waals surface area contributed by atoms with Crippen LogP contribution < -0.4 is 15.8 Å². The fraction of sp³-hybridized carbons (Fsp3) is 0.222. The minimum Gasteiger partial charge on any atom is -0.495 e. The Hall–Kier alpha value is -1.62. The van der Waals surface area contributed by atoms with Gasteiger partial charge in [0.2, 0.25) is 5.91 Å². The molecule has 0 radical (unpaired) electrons. The van der Waals surface area contributed by atoms with Crippen molar-refractivity contribution in [3.63, 3.8) is 0 Å². The number of hydrogen-bond donors (Lipinski definition) is 2. The molecular formula is C9H11FN2O2. The molecule has 14 heavy (non-hydrogen) atoms. The van der Waals surface area contributed by atoms with Gasteiger partial charge in [0, 0.05) is 6.07 Å². The van der Waals surface area contributed by atoms with E-state index < -0.39 is 11.7 Å². The van der Waals surface area contributed by atoms with Gasteiger partial charge in [-0.3, -0.25) is 4.79 Å². The van der Waals surface area contributed by atoms with E-state index >= 15 is 0 Å². The second kappa shape index (κ2) is 4.57. The van der Waals surface area contributed by atoms with Crippen molar-refractivity contribution in [1.82, 2.24) is 0 Å². The van der Waals surface area contributed by atoms with E-state index in [-0.39, 0.29) is 12.2 Å². The van der Waals surface area contributed by atoms with Crippen LogP contribution in [0.4, 0.5) is 10.1 Å². The van der Waals surface area contributed by atoms with Crippen molar-refractivity contribution in [3.8, 4) is 5.75 Å². The lowest BCUT2D eigenvalue weighted by Gasteiger charge is -2.08. The van der Waals surface area contributed by atoms with E-state index in [4.69, 9.17) is 10.5 Å². The maximum absolute atomic E-state index is 12.8. The predicted molar refractivity (Wildman–Crippen MR) is 50.6 cm³/mol. The average Bonchev–Trinajstić information content (AvgIpc) is 2.18. The molecule has 0 aliphatic heterocycles. The molecule has 1 aromatic carbocycles. The molecule has 0 atom stereocenters. The fourth-order valence-corrected chi connectivity index (χ4v) is 0.979. The molecule has 0 saturated carbocycles. The quantitative estimate of drug-likeness (QED) is 0.752. The van der Waals surface area contributed by atoms with Gasteiger partial charge in [-0.1, -0.05) is 0 Å². The van der Waals surface area contributed by atoms with Gasteiger partial charge in [-0.25, -0.2) is 4.39 Å². The Morgan fingerprint density at radius 3 is 2.93 bits per heavy atom. The van der Waals surface area contributed by atoms with E-state index in [1.807, 2.05) is 0 Å². The van der Waals surface area contributed by atoms with Crippen molar-refractivity contribution in [2.45, 2.75) is 0 Å². The number of carbonyl (C=O) groups excluding carboxylic acids is 1. The van der Waals surface area contributed by atoms with E-state index in [1.54, 1.807) is 0 Å². The van der Waals surface area contributed by atoms with E-state index in [1.165, 1.54) is 25.3 Å².